The highest BCUT2D eigenvalue weighted by Crippen LogP contribution is 2.25. The molecule has 21 heavy (non-hydrogen) atoms. The maximum Gasteiger partial charge on any atom is 0.222 e. The zero-order valence-corrected chi connectivity index (χ0v) is 13.3. The first-order valence-corrected chi connectivity index (χ1v) is 7.68. The fourth-order valence-electron chi connectivity index (χ4n) is 2.52. The minimum atomic E-state index is 0.674. The summed E-state index contributed by atoms with van der Waals surface area (Å²) < 4.78 is 4.50. The van der Waals surface area contributed by atoms with E-state index in [0.29, 0.717) is 5.65 Å². The van der Waals surface area contributed by atoms with E-state index in [1.54, 1.807) is 8.93 Å². The quantitative estimate of drug-likeness (QED) is 0.609. The van der Waals surface area contributed by atoms with E-state index in [4.69, 9.17) is 16.8 Å². The Bertz CT molecular complexity index is 812. The van der Waals surface area contributed by atoms with Gasteiger partial charge in [-0.05, 0) is 40.4 Å². The first-order chi connectivity index (χ1) is 10.2. The molecule has 108 valence electrons. The molecule has 0 bridgehead atoms. The molecule has 0 unspecified atom stereocenters. The molecule has 0 saturated carbocycles. The molecule has 2 aromatic heterocycles. The van der Waals surface area contributed by atoms with Crippen LogP contribution in [-0.4, -0.2) is 55.6 Å². The molecule has 7 nitrogen and oxygen atoms in total. The minimum Gasteiger partial charge on any atom is -0.351 e. The minimum absolute atomic E-state index is 0.674. The number of fused-ring (bicyclic) bond motifs is 3. The van der Waals surface area contributed by atoms with Gasteiger partial charge >= 0.3 is 0 Å². The van der Waals surface area contributed by atoms with Crippen molar-refractivity contribution in [3.8, 4) is 0 Å². The van der Waals surface area contributed by atoms with Crippen LogP contribution in [0.1, 0.15) is 0 Å². The average molecular weight is 369 g/mol. The summed E-state index contributed by atoms with van der Waals surface area (Å²) in [6, 6.07) is 5.88. The Hall–Kier alpha value is -1.51. The summed E-state index contributed by atoms with van der Waals surface area (Å²) in [6.07, 6.45) is 0. The molecule has 0 radical (unpaired) electrons. The van der Waals surface area contributed by atoms with Gasteiger partial charge in [0.05, 0.1) is 11.0 Å². The lowest BCUT2D eigenvalue weighted by molar-refractivity contribution is 0.415. The highest BCUT2D eigenvalue weighted by atomic mass is 79.9. The third kappa shape index (κ3) is 2.23. The van der Waals surface area contributed by atoms with E-state index in [0.717, 1.165) is 47.5 Å². The van der Waals surface area contributed by atoms with Crippen molar-refractivity contribution in [3.05, 3.63) is 22.7 Å². The Morgan fingerprint density at radius 2 is 1.95 bits per heavy atom. The van der Waals surface area contributed by atoms with Gasteiger partial charge in [-0.25, -0.2) is 9.40 Å². The van der Waals surface area contributed by atoms with Crippen molar-refractivity contribution in [1.82, 2.24) is 29.4 Å². The Morgan fingerprint density at radius 1 is 1.14 bits per heavy atom. The van der Waals surface area contributed by atoms with E-state index >= 15 is 0 Å². The van der Waals surface area contributed by atoms with E-state index < -0.39 is 0 Å². The van der Waals surface area contributed by atoms with Crippen LogP contribution < -0.4 is 4.90 Å². The number of hydrogen-bond acceptors (Lipinski definition) is 6. The molecular formula is C12H11BrClN7. The van der Waals surface area contributed by atoms with Crippen molar-refractivity contribution in [2.75, 3.05) is 31.1 Å². The number of aromatic nitrogens is 5. The van der Waals surface area contributed by atoms with Crippen molar-refractivity contribution in [2.45, 2.75) is 0 Å². The van der Waals surface area contributed by atoms with Crippen molar-refractivity contribution < 1.29 is 0 Å². The van der Waals surface area contributed by atoms with E-state index in [-0.39, 0.29) is 0 Å². The molecule has 0 N–H and O–H groups in total. The van der Waals surface area contributed by atoms with Crippen LogP contribution in [0.4, 0.5) is 5.82 Å². The lowest BCUT2D eigenvalue weighted by Gasteiger charge is -2.31. The normalized spacial score (nSPS) is 17.0. The zero-order valence-electron chi connectivity index (χ0n) is 10.9. The van der Waals surface area contributed by atoms with Crippen LogP contribution in [0.25, 0.3) is 16.7 Å². The van der Waals surface area contributed by atoms with Crippen LogP contribution in [0.3, 0.4) is 0 Å². The highest BCUT2D eigenvalue weighted by molar-refractivity contribution is 9.10. The fraction of sp³-hybridized carbons (Fsp3) is 0.333. The second kappa shape index (κ2) is 5.04. The molecule has 0 atom stereocenters. The van der Waals surface area contributed by atoms with Gasteiger partial charge in [-0.1, -0.05) is 15.9 Å². The number of hydrogen-bond donors (Lipinski definition) is 0. The predicted molar refractivity (Wildman–Crippen MR) is 83.4 cm³/mol. The molecule has 1 fully saturated rings. The molecular weight excluding hydrogens is 358 g/mol. The monoisotopic (exact) mass is 367 g/mol. The average Bonchev–Trinajstić information content (AvgIpc) is 2.96. The van der Waals surface area contributed by atoms with Crippen LogP contribution in [0, 0.1) is 0 Å². The van der Waals surface area contributed by atoms with Crippen molar-refractivity contribution in [2.24, 2.45) is 0 Å². The molecule has 1 saturated heterocycles. The highest BCUT2D eigenvalue weighted by Gasteiger charge is 2.21. The first kappa shape index (κ1) is 13.2. The summed E-state index contributed by atoms with van der Waals surface area (Å²) in [5, 5.41) is 12.0. The van der Waals surface area contributed by atoms with Crippen LogP contribution in [0.5, 0.6) is 0 Å². The molecule has 1 aliphatic heterocycles. The summed E-state index contributed by atoms with van der Waals surface area (Å²) in [5.74, 6) is 0.801. The number of tetrazole rings is 1. The lowest BCUT2D eigenvalue weighted by Crippen LogP contribution is -2.43. The number of nitrogens with zero attached hydrogens (tertiary/aromatic N) is 7. The summed E-state index contributed by atoms with van der Waals surface area (Å²) in [5.41, 5.74) is 2.42. The predicted octanol–water partition coefficient (Wildman–Crippen LogP) is 1.71. The van der Waals surface area contributed by atoms with Crippen LogP contribution in [0.15, 0.2) is 22.7 Å². The van der Waals surface area contributed by atoms with Gasteiger partial charge in [0.15, 0.2) is 5.82 Å². The maximum absolute atomic E-state index is 6.02. The van der Waals surface area contributed by atoms with Crippen molar-refractivity contribution >= 4 is 50.2 Å². The number of anilines is 1. The van der Waals surface area contributed by atoms with Crippen LogP contribution >= 0.6 is 27.7 Å². The lowest BCUT2D eigenvalue weighted by atomic mass is 10.3. The molecule has 1 aromatic carbocycles. The molecule has 4 rings (SSSR count). The van der Waals surface area contributed by atoms with Gasteiger partial charge in [0.1, 0.15) is 0 Å². The van der Waals surface area contributed by atoms with Gasteiger partial charge in [0, 0.05) is 30.7 Å². The standard InChI is InChI=1S/C12H11BrClN7/c13-8-1-2-10-9(7-8)15-11(12-16-17-18-21(10)12)19-3-5-20(14)6-4-19/h1-2,7H,3-6H2. The van der Waals surface area contributed by atoms with Crippen molar-refractivity contribution in [1.29, 1.82) is 0 Å². The summed E-state index contributed by atoms with van der Waals surface area (Å²) in [4.78, 5) is 6.93. The number of rotatable bonds is 1. The van der Waals surface area contributed by atoms with E-state index in [1.165, 1.54) is 0 Å². The molecule has 0 aliphatic carbocycles. The third-order valence-electron chi connectivity index (χ3n) is 3.59. The van der Waals surface area contributed by atoms with Crippen LogP contribution in [-0.2, 0) is 0 Å². The van der Waals surface area contributed by atoms with Gasteiger partial charge in [-0.15, -0.1) is 5.10 Å². The van der Waals surface area contributed by atoms with Crippen molar-refractivity contribution in [3.63, 3.8) is 0 Å². The number of piperazine rings is 1. The fourth-order valence-corrected chi connectivity index (χ4v) is 3.02. The Labute approximate surface area is 133 Å². The number of halogens is 2. The molecule has 9 heteroatoms. The summed E-state index contributed by atoms with van der Waals surface area (Å²) in [7, 11) is 0. The molecule has 3 heterocycles. The van der Waals surface area contributed by atoms with E-state index in [9.17, 15) is 0 Å². The Morgan fingerprint density at radius 3 is 2.76 bits per heavy atom. The molecule has 0 spiro atoms. The molecule has 1 aliphatic rings. The third-order valence-corrected chi connectivity index (χ3v) is 4.42. The largest absolute Gasteiger partial charge is 0.351 e. The smallest absolute Gasteiger partial charge is 0.222 e. The first-order valence-electron chi connectivity index (χ1n) is 6.55. The molecule has 3 aromatic rings. The summed E-state index contributed by atoms with van der Waals surface area (Å²) in [6.45, 7) is 3.18. The number of benzene rings is 1. The van der Waals surface area contributed by atoms with E-state index in [2.05, 4.69) is 36.4 Å². The van der Waals surface area contributed by atoms with Crippen LogP contribution in [0.2, 0.25) is 0 Å². The Balaban J connectivity index is 1.92. The second-order valence-electron chi connectivity index (χ2n) is 4.88. The SMILES string of the molecule is ClN1CCN(c2nc3cc(Br)ccc3n3nnnc23)CC1. The maximum atomic E-state index is 6.02. The van der Waals surface area contributed by atoms with Gasteiger partial charge in [-0.3, -0.25) is 0 Å². The van der Waals surface area contributed by atoms with Gasteiger partial charge < -0.3 is 4.90 Å². The van der Waals surface area contributed by atoms with Gasteiger partial charge in [0.25, 0.3) is 0 Å². The zero-order chi connectivity index (χ0) is 14.4. The molecule has 0 amide bonds. The van der Waals surface area contributed by atoms with E-state index in [1.807, 2.05) is 18.2 Å². The second-order valence-corrected chi connectivity index (χ2v) is 6.27. The van der Waals surface area contributed by atoms with Gasteiger partial charge in [-0.2, -0.15) is 4.52 Å². The Kier molecular flexibility index (Phi) is 3.16. The van der Waals surface area contributed by atoms with Gasteiger partial charge in [0.2, 0.25) is 5.65 Å². The topological polar surface area (TPSA) is 62.5 Å². The summed E-state index contributed by atoms with van der Waals surface area (Å²) >= 11 is 9.49.